The first-order valence-electron chi connectivity index (χ1n) is 16.0. The number of carbonyl (C=O) groups is 3. The lowest BCUT2D eigenvalue weighted by Gasteiger charge is -2.39. The fourth-order valence-electron chi connectivity index (χ4n) is 8.66. The van der Waals surface area contributed by atoms with E-state index in [4.69, 9.17) is 9.47 Å². The van der Waals surface area contributed by atoms with Gasteiger partial charge in [-0.25, -0.2) is 4.90 Å². The fraction of sp³-hybridized carbons (Fsp3) is 0.167. The number of hydrogen-bond donors (Lipinski definition) is 0. The Bertz CT molecular complexity index is 1990. The standard InChI is InChI=1S/C42H33NO5/c1-26-11-10-16-31(25-26)43-38(44)36-37(39(43)45)42(30-14-8-5-9-15-30)35(28-19-23-33(48-3)24-20-28)34(27-17-21-32(47-2)22-18-27)41(36,40(42)46)29-12-6-4-7-13-29/h4-25,36-37H,1-3H3. The van der Waals surface area contributed by atoms with Gasteiger partial charge in [-0.1, -0.05) is 97.1 Å². The van der Waals surface area contributed by atoms with E-state index >= 15 is 14.4 Å². The van der Waals surface area contributed by atoms with Crippen LogP contribution in [-0.4, -0.2) is 31.8 Å². The van der Waals surface area contributed by atoms with Crippen LogP contribution in [0, 0.1) is 18.8 Å². The van der Waals surface area contributed by atoms with Gasteiger partial charge in [0.05, 0.1) is 42.6 Å². The minimum Gasteiger partial charge on any atom is -0.497 e. The molecular weight excluding hydrogens is 598 g/mol. The van der Waals surface area contributed by atoms with E-state index in [1.165, 1.54) is 4.90 Å². The highest BCUT2D eigenvalue weighted by Crippen LogP contribution is 2.74. The van der Waals surface area contributed by atoms with Gasteiger partial charge in [-0.15, -0.1) is 0 Å². The van der Waals surface area contributed by atoms with Crippen molar-refractivity contribution >= 4 is 34.4 Å². The van der Waals surface area contributed by atoms with Crippen LogP contribution in [0.25, 0.3) is 11.1 Å². The highest BCUT2D eigenvalue weighted by molar-refractivity contribution is 6.39. The number of Topliss-reactive ketones (excluding diaryl/α,β-unsaturated/α-hetero) is 1. The molecule has 0 aromatic heterocycles. The molecule has 5 aromatic rings. The normalized spacial score (nSPS) is 24.3. The topological polar surface area (TPSA) is 72.9 Å². The van der Waals surface area contributed by atoms with Crippen LogP contribution >= 0.6 is 0 Å². The lowest BCUT2D eigenvalue weighted by molar-refractivity contribution is -0.130. The zero-order chi connectivity index (χ0) is 33.2. The number of anilines is 1. The fourth-order valence-corrected chi connectivity index (χ4v) is 8.66. The molecule has 3 aliphatic rings. The van der Waals surface area contributed by atoms with E-state index in [9.17, 15) is 0 Å². The van der Waals surface area contributed by atoms with E-state index in [1.54, 1.807) is 20.3 Å². The van der Waals surface area contributed by atoms with Crippen molar-refractivity contribution in [3.8, 4) is 11.5 Å². The van der Waals surface area contributed by atoms with Gasteiger partial charge in [-0.2, -0.15) is 0 Å². The van der Waals surface area contributed by atoms with Crippen LogP contribution in [0.15, 0.2) is 133 Å². The molecule has 0 N–H and O–H groups in total. The van der Waals surface area contributed by atoms with Gasteiger partial charge in [0.25, 0.3) is 0 Å². The third kappa shape index (κ3) is 3.77. The number of imide groups is 1. The van der Waals surface area contributed by atoms with Gasteiger partial charge >= 0.3 is 0 Å². The van der Waals surface area contributed by atoms with Gasteiger partial charge in [0.1, 0.15) is 11.5 Å². The summed E-state index contributed by atoms with van der Waals surface area (Å²) in [6, 6.07) is 41.8. The molecule has 4 atom stereocenters. The molecule has 1 aliphatic heterocycles. The summed E-state index contributed by atoms with van der Waals surface area (Å²) in [4.78, 5) is 47.5. The number of aryl methyl sites for hydroxylation is 1. The number of fused-ring (bicyclic) bond motifs is 5. The molecule has 5 aromatic carbocycles. The number of ether oxygens (including phenoxy) is 2. The average molecular weight is 632 g/mol. The summed E-state index contributed by atoms with van der Waals surface area (Å²) in [5, 5.41) is 0. The largest absolute Gasteiger partial charge is 0.497 e. The number of ketones is 1. The van der Waals surface area contributed by atoms with Crippen LogP contribution in [0.2, 0.25) is 0 Å². The van der Waals surface area contributed by atoms with Crippen molar-refractivity contribution < 1.29 is 23.9 Å². The predicted molar refractivity (Wildman–Crippen MR) is 185 cm³/mol. The van der Waals surface area contributed by atoms with E-state index in [0.29, 0.717) is 28.3 Å². The van der Waals surface area contributed by atoms with Crippen molar-refractivity contribution in [2.75, 3.05) is 19.1 Å². The summed E-state index contributed by atoms with van der Waals surface area (Å²) < 4.78 is 11.0. The Morgan fingerprint density at radius 1 is 0.542 bits per heavy atom. The third-order valence-corrected chi connectivity index (χ3v) is 10.5. The van der Waals surface area contributed by atoms with Gasteiger partial charge in [0.2, 0.25) is 11.8 Å². The first-order chi connectivity index (χ1) is 23.4. The maximum Gasteiger partial charge on any atom is 0.239 e. The molecule has 1 saturated carbocycles. The second-order valence-electron chi connectivity index (χ2n) is 12.7. The van der Waals surface area contributed by atoms with Crippen LogP contribution in [0.3, 0.4) is 0 Å². The molecule has 48 heavy (non-hydrogen) atoms. The molecule has 6 nitrogen and oxygen atoms in total. The monoisotopic (exact) mass is 631 g/mol. The smallest absolute Gasteiger partial charge is 0.239 e. The molecule has 1 saturated heterocycles. The predicted octanol–water partition coefficient (Wildman–Crippen LogP) is 7.20. The molecule has 1 heterocycles. The van der Waals surface area contributed by atoms with Crippen molar-refractivity contribution in [2.45, 2.75) is 17.8 Å². The first kappa shape index (κ1) is 29.6. The summed E-state index contributed by atoms with van der Waals surface area (Å²) >= 11 is 0. The van der Waals surface area contributed by atoms with E-state index in [1.807, 2.05) is 134 Å². The summed E-state index contributed by atoms with van der Waals surface area (Å²) in [5.74, 6) is -1.54. The number of allylic oxidation sites excluding steroid dienone is 2. The molecule has 0 radical (unpaired) electrons. The Hall–Kier alpha value is -5.75. The number of nitrogens with zero attached hydrogens (tertiary/aromatic N) is 1. The quantitative estimate of drug-likeness (QED) is 0.178. The SMILES string of the molecule is COc1ccc(C2=C(c3ccc(OC)cc3)C3(c4ccccc4)C(=O)C2(c2ccccc2)C2C(=O)N(c4cccc(C)c4)C(=O)C23)cc1. The molecule has 2 fully saturated rings. The Kier molecular flexibility index (Phi) is 6.74. The number of benzene rings is 5. The lowest BCUT2D eigenvalue weighted by atomic mass is 9.59. The molecule has 2 aliphatic carbocycles. The molecule has 0 spiro atoms. The second-order valence-corrected chi connectivity index (χ2v) is 12.7. The van der Waals surface area contributed by atoms with Crippen molar-refractivity contribution in [3.63, 3.8) is 0 Å². The zero-order valence-corrected chi connectivity index (χ0v) is 26.8. The first-order valence-corrected chi connectivity index (χ1v) is 16.0. The summed E-state index contributed by atoms with van der Waals surface area (Å²) in [6.45, 7) is 1.94. The Morgan fingerprint density at radius 2 is 0.979 bits per heavy atom. The lowest BCUT2D eigenvalue weighted by Crippen LogP contribution is -2.45. The summed E-state index contributed by atoms with van der Waals surface area (Å²) in [6.07, 6.45) is 0. The third-order valence-electron chi connectivity index (χ3n) is 10.5. The van der Waals surface area contributed by atoms with Gasteiger partial charge < -0.3 is 9.47 Å². The Morgan fingerprint density at radius 3 is 1.38 bits per heavy atom. The molecule has 6 heteroatoms. The van der Waals surface area contributed by atoms with Crippen LogP contribution in [0.4, 0.5) is 5.69 Å². The van der Waals surface area contributed by atoms with Gasteiger partial charge in [-0.05, 0) is 82.3 Å². The zero-order valence-electron chi connectivity index (χ0n) is 26.8. The summed E-state index contributed by atoms with van der Waals surface area (Å²) in [7, 11) is 3.22. The number of carbonyl (C=O) groups excluding carboxylic acids is 3. The van der Waals surface area contributed by atoms with E-state index in [-0.39, 0.29) is 17.6 Å². The van der Waals surface area contributed by atoms with Crippen molar-refractivity contribution in [1.82, 2.24) is 0 Å². The average Bonchev–Trinajstić information content (AvgIpc) is 3.64. The van der Waals surface area contributed by atoms with Crippen molar-refractivity contribution in [1.29, 1.82) is 0 Å². The maximum atomic E-state index is 16.0. The van der Waals surface area contributed by atoms with Crippen LogP contribution in [0.1, 0.15) is 27.8 Å². The summed E-state index contributed by atoms with van der Waals surface area (Å²) in [5.41, 5.74) is 2.87. The van der Waals surface area contributed by atoms with E-state index < -0.39 is 22.7 Å². The van der Waals surface area contributed by atoms with Crippen LogP contribution < -0.4 is 14.4 Å². The van der Waals surface area contributed by atoms with Gasteiger partial charge in [-0.3, -0.25) is 14.4 Å². The number of amides is 2. The molecule has 2 bridgehead atoms. The van der Waals surface area contributed by atoms with Crippen molar-refractivity contribution in [2.24, 2.45) is 11.8 Å². The minimum absolute atomic E-state index is 0.162. The van der Waals surface area contributed by atoms with E-state index in [0.717, 1.165) is 27.8 Å². The molecule has 8 rings (SSSR count). The molecular formula is C42H33NO5. The van der Waals surface area contributed by atoms with Gasteiger partial charge in [0.15, 0.2) is 5.78 Å². The van der Waals surface area contributed by atoms with Gasteiger partial charge in [0, 0.05) is 0 Å². The number of methoxy groups -OCH3 is 2. The highest BCUT2D eigenvalue weighted by Gasteiger charge is 2.82. The molecule has 236 valence electrons. The van der Waals surface area contributed by atoms with Crippen LogP contribution in [-0.2, 0) is 25.2 Å². The van der Waals surface area contributed by atoms with Crippen LogP contribution in [0.5, 0.6) is 11.5 Å². The minimum atomic E-state index is -1.48. The second kappa shape index (κ2) is 10.9. The van der Waals surface area contributed by atoms with E-state index in [2.05, 4.69) is 0 Å². The Labute approximate surface area is 279 Å². The molecule has 4 unspecified atom stereocenters. The number of rotatable bonds is 7. The molecule has 2 amide bonds. The maximum absolute atomic E-state index is 16.0. The Balaban J connectivity index is 1.55. The van der Waals surface area contributed by atoms with Crippen molar-refractivity contribution in [3.05, 3.63) is 161 Å². The number of hydrogen-bond acceptors (Lipinski definition) is 5. The highest BCUT2D eigenvalue weighted by atomic mass is 16.5.